The van der Waals surface area contributed by atoms with Crippen LogP contribution in [0.15, 0.2) is 11.6 Å². The summed E-state index contributed by atoms with van der Waals surface area (Å²) in [4.78, 5) is 12.0. The third kappa shape index (κ3) is 2.02. The second-order valence-electron chi connectivity index (χ2n) is 9.28. The van der Waals surface area contributed by atoms with E-state index in [1.165, 1.54) is 18.4 Å². The Kier molecular flexibility index (Phi) is 3.69. The predicted molar refractivity (Wildman–Crippen MR) is 91.8 cm³/mol. The SMILES string of the molecule is C[C@]12CC[C@H]3[C@@H](C[C@H](CO)C4=CC(=O)CC[C@@]43C)[C@@H]1CC[C@@H]2C#N. The van der Waals surface area contributed by atoms with Gasteiger partial charge in [-0.15, -0.1) is 0 Å². The van der Waals surface area contributed by atoms with E-state index in [9.17, 15) is 15.2 Å². The molecule has 3 fully saturated rings. The summed E-state index contributed by atoms with van der Waals surface area (Å²) in [5, 5.41) is 19.6. The van der Waals surface area contributed by atoms with E-state index in [-0.39, 0.29) is 35.1 Å². The van der Waals surface area contributed by atoms with Crippen molar-refractivity contribution in [3.63, 3.8) is 0 Å². The summed E-state index contributed by atoms with van der Waals surface area (Å²) >= 11 is 0. The van der Waals surface area contributed by atoms with Gasteiger partial charge < -0.3 is 5.11 Å². The number of fused-ring (bicyclic) bond motifs is 5. The molecule has 4 aliphatic carbocycles. The normalized spacial score (nSPS) is 50.3. The van der Waals surface area contributed by atoms with Crippen LogP contribution in [0.4, 0.5) is 0 Å². The van der Waals surface area contributed by atoms with Crippen LogP contribution in [0.1, 0.15) is 58.8 Å². The minimum atomic E-state index is 0.0796. The maximum Gasteiger partial charge on any atom is 0.155 e. The zero-order chi connectivity index (χ0) is 17.1. The van der Waals surface area contributed by atoms with E-state index < -0.39 is 0 Å². The van der Waals surface area contributed by atoms with Gasteiger partial charge in [0, 0.05) is 18.9 Å². The lowest BCUT2D eigenvalue weighted by molar-refractivity contribution is -0.118. The molecule has 0 unspecified atom stereocenters. The molecule has 1 N–H and O–H groups in total. The van der Waals surface area contributed by atoms with Crippen molar-refractivity contribution in [3.8, 4) is 6.07 Å². The molecule has 0 aliphatic heterocycles. The molecule has 0 aromatic heterocycles. The first-order valence-electron chi connectivity index (χ1n) is 9.69. The second-order valence-corrected chi connectivity index (χ2v) is 9.28. The van der Waals surface area contributed by atoms with Crippen molar-refractivity contribution in [2.45, 2.75) is 58.8 Å². The lowest BCUT2D eigenvalue weighted by atomic mass is 9.45. The van der Waals surface area contributed by atoms with Crippen molar-refractivity contribution in [2.24, 2.45) is 40.4 Å². The quantitative estimate of drug-likeness (QED) is 0.795. The van der Waals surface area contributed by atoms with Gasteiger partial charge in [-0.2, -0.15) is 5.26 Å². The lowest BCUT2D eigenvalue weighted by Gasteiger charge is -2.59. The monoisotopic (exact) mass is 327 g/mol. The Hall–Kier alpha value is -1.14. The van der Waals surface area contributed by atoms with E-state index in [0.29, 0.717) is 24.2 Å². The van der Waals surface area contributed by atoms with Crippen molar-refractivity contribution in [3.05, 3.63) is 11.6 Å². The highest BCUT2D eigenvalue weighted by Crippen LogP contribution is 2.67. The van der Waals surface area contributed by atoms with Crippen LogP contribution in [0.2, 0.25) is 0 Å². The summed E-state index contributed by atoms with van der Waals surface area (Å²) in [5.74, 6) is 2.43. The molecule has 130 valence electrons. The molecule has 24 heavy (non-hydrogen) atoms. The summed E-state index contributed by atoms with van der Waals surface area (Å²) in [6.07, 6.45) is 9.03. The van der Waals surface area contributed by atoms with Gasteiger partial charge in [-0.3, -0.25) is 4.79 Å². The Balaban J connectivity index is 1.74. The van der Waals surface area contributed by atoms with Gasteiger partial charge in [0.2, 0.25) is 0 Å². The van der Waals surface area contributed by atoms with Gasteiger partial charge >= 0.3 is 0 Å². The van der Waals surface area contributed by atoms with Crippen LogP contribution < -0.4 is 0 Å². The van der Waals surface area contributed by atoms with Gasteiger partial charge in [-0.05, 0) is 73.2 Å². The maximum absolute atomic E-state index is 12.0. The molecule has 4 rings (SSSR count). The molecular formula is C21H29NO2. The number of nitrogens with zero attached hydrogens (tertiary/aromatic N) is 1. The molecule has 0 spiro atoms. The molecule has 3 saturated carbocycles. The Morgan fingerprint density at radius 3 is 2.75 bits per heavy atom. The van der Waals surface area contributed by atoms with Crippen LogP contribution in [0.25, 0.3) is 0 Å². The fraction of sp³-hybridized carbons (Fsp3) is 0.810. The van der Waals surface area contributed by atoms with Gasteiger partial charge in [-0.25, -0.2) is 0 Å². The van der Waals surface area contributed by atoms with E-state index in [0.717, 1.165) is 25.7 Å². The molecule has 3 nitrogen and oxygen atoms in total. The molecular weight excluding hydrogens is 298 g/mol. The minimum Gasteiger partial charge on any atom is -0.396 e. The van der Waals surface area contributed by atoms with Gasteiger partial charge in [0.25, 0.3) is 0 Å². The molecule has 0 radical (unpaired) electrons. The van der Waals surface area contributed by atoms with Crippen molar-refractivity contribution in [2.75, 3.05) is 6.61 Å². The zero-order valence-electron chi connectivity index (χ0n) is 14.9. The third-order valence-electron chi connectivity index (χ3n) is 8.49. The Morgan fingerprint density at radius 2 is 2.04 bits per heavy atom. The lowest BCUT2D eigenvalue weighted by Crippen LogP contribution is -2.53. The summed E-state index contributed by atoms with van der Waals surface area (Å²) in [6, 6.07) is 2.59. The molecule has 0 bridgehead atoms. The fourth-order valence-corrected chi connectivity index (χ4v) is 7.17. The zero-order valence-corrected chi connectivity index (χ0v) is 14.9. The van der Waals surface area contributed by atoms with E-state index in [1.807, 2.05) is 6.08 Å². The standard InChI is InChI=1S/C21H29NO2/c1-20-8-6-18-16(17(20)4-3-14(20)11-22)9-13(12-23)19-10-15(24)5-7-21(18,19)2/h10,13-14,16-18,23H,3-9,12H2,1-2H3/t13-,14-,16+,17+,18+,20-,21-/m1/s1. The summed E-state index contributed by atoms with van der Waals surface area (Å²) in [6.45, 7) is 4.86. The van der Waals surface area contributed by atoms with Crippen LogP contribution in [0, 0.1) is 51.8 Å². The van der Waals surface area contributed by atoms with Crippen molar-refractivity contribution >= 4 is 5.78 Å². The average Bonchev–Trinajstić information content (AvgIpc) is 2.91. The van der Waals surface area contributed by atoms with Crippen LogP contribution in [0.3, 0.4) is 0 Å². The molecule has 0 aromatic rings. The molecule has 0 heterocycles. The smallest absolute Gasteiger partial charge is 0.155 e. The number of rotatable bonds is 1. The highest BCUT2D eigenvalue weighted by atomic mass is 16.3. The largest absolute Gasteiger partial charge is 0.396 e. The van der Waals surface area contributed by atoms with Gasteiger partial charge in [0.15, 0.2) is 5.78 Å². The van der Waals surface area contributed by atoms with Gasteiger partial charge in [0.1, 0.15) is 0 Å². The molecule has 0 amide bonds. The number of aliphatic hydroxyl groups excluding tert-OH is 1. The van der Waals surface area contributed by atoms with Crippen LogP contribution >= 0.6 is 0 Å². The van der Waals surface area contributed by atoms with Crippen molar-refractivity contribution in [1.29, 1.82) is 5.26 Å². The van der Waals surface area contributed by atoms with E-state index >= 15 is 0 Å². The first-order valence-corrected chi connectivity index (χ1v) is 9.69. The highest BCUT2D eigenvalue weighted by molar-refractivity contribution is 5.91. The summed E-state index contributed by atoms with van der Waals surface area (Å²) < 4.78 is 0. The Morgan fingerprint density at radius 1 is 1.25 bits per heavy atom. The summed E-state index contributed by atoms with van der Waals surface area (Å²) in [7, 11) is 0. The maximum atomic E-state index is 12.0. The van der Waals surface area contributed by atoms with Crippen LogP contribution in [0.5, 0.6) is 0 Å². The van der Waals surface area contributed by atoms with Crippen LogP contribution in [-0.2, 0) is 4.79 Å². The third-order valence-corrected chi connectivity index (χ3v) is 8.49. The van der Waals surface area contributed by atoms with E-state index in [2.05, 4.69) is 19.9 Å². The highest BCUT2D eigenvalue weighted by Gasteiger charge is 2.60. The van der Waals surface area contributed by atoms with Crippen molar-refractivity contribution < 1.29 is 9.90 Å². The average molecular weight is 327 g/mol. The molecule has 3 heteroatoms. The van der Waals surface area contributed by atoms with Gasteiger partial charge in [-0.1, -0.05) is 19.4 Å². The first-order chi connectivity index (χ1) is 11.4. The number of hydrogen-bond donors (Lipinski definition) is 1. The predicted octanol–water partition coefficient (Wildman–Crippen LogP) is 3.88. The minimum absolute atomic E-state index is 0.0796. The van der Waals surface area contributed by atoms with Gasteiger partial charge in [0.05, 0.1) is 12.0 Å². The van der Waals surface area contributed by atoms with Crippen LogP contribution in [-0.4, -0.2) is 17.5 Å². The number of nitriles is 1. The number of hydrogen-bond acceptors (Lipinski definition) is 3. The number of ketones is 1. The Bertz CT molecular complexity index is 632. The number of carbonyl (C=O) groups is 1. The fourth-order valence-electron chi connectivity index (χ4n) is 7.17. The summed E-state index contributed by atoms with van der Waals surface area (Å²) in [5.41, 5.74) is 1.48. The molecule has 0 saturated heterocycles. The van der Waals surface area contributed by atoms with Crippen molar-refractivity contribution in [1.82, 2.24) is 0 Å². The topological polar surface area (TPSA) is 61.1 Å². The second kappa shape index (κ2) is 5.43. The molecule has 7 atom stereocenters. The first kappa shape index (κ1) is 16.3. The van der Waals surface area contributed by atoms with E-state index in [1.54, 1.807) is 0 Å². The number of aliphatic hydroxyl groups is 1. The Labute approximate surface area is 145 Å². The van der Waals surface area contributed by atoms with E-state index in [4.69, 9.17) is 0 Å². The molecule has 4 aliphatic rings. The molecule has 0 aromatic carbocycles. The number of carbonyl (C=O) groups excluding carboxylic acids is 1.